The molecule has 0 bridgehead atoms. The molecule has 2 heterocycles. The number of carbonyl (C=O) groups excluding carboxylic acids is 1. The molecule has 0 saturated carbocycles. The predicted octanol–water partition coefficient (Wildman–Crippen LogP) is 3.93. The first kappa shape index (κ1) is 17.1. The van der Waals surface area contributed by atoms with Gasteiger partial charge in [0.2, 0.25) is 0 Å². The lowest BCUT2D eigenvalue weighted by Crippen LogP contribution is -2.34. The second kappa shape index (κ2) is 6.43. The van der Waals surface area contributed by atoms with Crippen molar-refractivity contribution in [2.45, 2.75) is 26.8 Å². The molecule has 1 aromatic heterocycles. The summed E-state index contributed by atoms with van der Waals surface area (Å²) < 4.78 is 6.08. The number of amides is 1. The number of rotatable bonds is 2. The van der Waals surface area contributed by atoms with Gasteiger partial charge in [0.1, 0.15) is 17.1 Å². The molecule has 0 fully saturated rings. The van der Waals surface area contributed by atoms with E-state index in [1.807, 2.05) is 50.2 Å². The lowest BCUT2D eigenvalue weighted by atomic mass is 9.92. The molecule has 0 spiro atoms. The van der Waals surface area contributed by atoms with Crippen molar-refractivity contribution < 1.29 is 9.53 Å². The smallest absolute Gasteiger partial charge is 0.260 e. The van der Waals surface area contributed by atoms with Gasteiger partial charge in [-0.15, -0.1) is 0 Å². The third kappa shape index (κ3) is 3.12. The van der Waals surface area contributed by atoms with Crippen molar-refractivity contribution in [3.63, 3.8) is 0 Å². The van der Waals surface area contributed by atoms with Gasteiger partial charge >= 0.3 is 0 Å². The second-order valence-electron chi connectivity index (χ2n) is 6.98. The molecule has 2 aromatic carbocycles. The topological polar surface area (TPSA) is 71.2 Å². The summed E-state index contributed by atoms with van der Waals surface area (Å²) in [5.41, 5.74) is 4.30. The van der Waals surface area contributed by atoms with E-state index in [1.54, 1.807) is 19.1 Å². The third-order valence-electron chi connectivity index (χ3n) is 4.76. The molecule has 2 N–H and O–H groups in total. The number of fused-ring (bicyclic) bond motifs is 2. The molecule has 27 heavy (non-hydrogen) atoms. The second-order valence-corrected chi connectivity index (χ2v) is 6.98. The lowest BCUT2D eigenvalue weighted by molar-refractivity contribution is 0.0940. The minimum absolute atomic E-state index is 0.0921. The van der Waals surface area contributed by atoms with Crippen LogP contribution in [0.3, 0.4) is 0 Å². The SMILES string of the molecule is Cc1ccc2c(c1)Oc1cc(C)ccc1C2NC(=O)c1ccc(C)[nH]c1=O. The maximum Gasteiger partial charge on any atom is 0.260 e. The van der Waals surface area contributed by atoms with E-state index >= 15 is 0 Å². The molecule has 1 aliphatic rings. The van der Waals surface area contributed by atoms with Gasteiger partial charge in [-0.1, -0.05) is 24.3 Å². The molecule has 0 atom stereocenters. The van der Waals surface area contributed by atoms with Gasteiger partial charge in [-0.05, 0) is 56.2 Å². The normalized spacial score (nSPS) is 12.7. The Morgan fingerprint density at radius 2 is 1.52 bits per heavy atom. The van der Waals surface area contributed by atoms with Gasteiger partial charge in [0, 0.05) is 16.8 Å². The number of carbonyl (C=O) groups is 1. The van der Waals surface area contributed by atoms with Crippen molar-refractivity contribution in [3.8, 4) is 11.5 Å². The van der Waals surface area contributed by atoms with E-state index in [2.05, 4.69) is 10.3 Å². The van der Waals surface area contributed by atoms with E-state index in [0.29, 0.717) is 5.69 Å². The molecule has 136 valence electrons. The first-order chi connectivity index (χ1) is 12.9. The summed E-state index contributed by atoms with van der Waals surface area (Å²) in [6.07, 6.45) is 0. The molecule has 0 radical (unpaired) electrons. The van der Waals surface area contributed by atoms with E-state index < -0.39 is 17.5 Å². The summed E-state index contributed by atoms with van der Waals surface area (Å²) in [6.45, 7) is 5.77. The largest absolute Gasteiger partial charge is 0.457 e. The quantitative estimate of drug-likeness (QED) is 0.727. The third-order valence-corrected chi connectivity index (χ3v) is 4.76. The molecule has 5 nitrogen and oxygen atoms in total. The van der Waals surface area contributed by atoms with Gasteiger partial charge in [0.25, 0.3) is 11.5 Å². The van der Waals surface area contributed by atoms with Crippen LogP contribution in [0.1, 0.15) is 44.3 Å². The van der Waals surface area contributed by atoms with Gasteiger partial charge in [-0.3, -0.25) is 9.59 Å². The zero-order valence-corrected chi connectivity index (χ0v) is 15.4. The Labute approximate surface area is 157 Å². The summed E-state index contributed by atoms with van der Waals surface area (Å²) >= 11 is 0. The van der Waals surface area contributed by atoms with Crippen molar-refractivity contribution in [2.75, 3.05) is 0 Å². The zero-order chi connectivity index (χ0) is 19.1. The Bertz CT molecular complexity index is 1060. The van der Waals surface area contributed by atoms with Gasteiger partial charge in [0.05, 0.1) is 6.04 Å². The lowest BCUT2D eigenvalue weighted by Gasteiger charge is -2.29. The van der Waals surface area contributed by atoms with Gasteiger partial charge in [0.15, 0.2) is 0 Å². The molecule has 0 saturated heterocycles. The van der Waals surface area contributed by atoms with E-state index in [-0.39, 0.29) is 5.56 Å². The van der Waals surface area contributed by atoms with E-state index in [1.165, 1.54) is 0 Å². The molecule has 3 aromatic rings. The predicted molar refractivity (Wildman–Crippen MR) is 104 cm³/mol. The molecule has 0 unspecified atom stereocenters. The standard InChI is InChI=1S/C22H20N2O3/c1-12-4-7-15-18(10-12)27-19-11-13(2)5-8-16(19)20(15)24-22(26)17-9-6-14(3)23-21(17)25/h4-11,20H,1-3H3,(H,23,25)(H,24,26). The Morgan fingerprint density at radius 1 is 0.926 bits per heavy atom. The van der Waals surface area contributed by atoms with Crippen molar-refractivity contribution >= 4 is 5.91 Å². The highest BCUT2D eigenvalue weighted by atomic mass is 16.5. The minimum Gasteiger partial charge on any atom is -0.457 e. The zero-order valence-electron chi connectivity index (χ0n) is 15.4. The van der Waals surface area contributed by atoms with E-state index in [0.717, 1.165) is 33.8 Å². The summed E-state index contributed by atoms with van der Waals surface area (Å²) in [6, 6.07) is 14.7. The van der Waals surface area contributed by atoms with Crippen LogP contribution in [0.25, 0.3) is 0 Å². The highest BCUT2D eigenvalue weighted by Crippen LogP contribution is 2.43. The number of aromatic nitrogens is 1. The number of benzene rings is 2. The van der Waals surface area contributed by atoms with Crippen molar-refractivity contribution in [1.82, 2.24) is 10.3 Å². The maximum atomic E-state index is 12.8. The van der Waals surface area contributed by atoms with Crippen LogP contribution < -0.4 is 15.6 Å². The molecular weight excluding hydrogens is 340 g/mol. The van der Waals surface area contributed by atoms with Crippen molar-refractivity contribution in [1.29, 1.82) is 0 Å². The summed E-state index contributed by atoms with van der Waals surface area (Å²) in [5.74, 6) is 1.02. The van der Waals surface area contributed by atoms with Crippen LogP contribution >= 0.6 is 0 Å². The fraction of sp³-hybridized carbons (Fsp3) is 0.182. The summed E-state index contributed by atoms with van der Waals surface area (Å²) in [4.78, 5) is 27.7. The molecular formula is C22H20N2O3. The van der Waals surface area contributed by atoms with Crippen LogP contribution in [-0.2, 0) is 0 Å². The number of pyridine rings is 1. The Morgan fingerprint density at radius 3 is 2.07 bits per heavy atom. The van der Waals surface area contributed by atoms with Gasteiger partial charge in [-0.25, -0.2) is 0 Å². The number of hydrogen-bond donors (Lipinski definition) is 2. The van der Waals surface area contributed by atoms with Crippen LogP contribution in [0.15, 0.2) is 53.3 Å². The van der Waals surface area contributed by atoms with Crippen LogP contribution in [-0.4, -0.2) is 10.9 Å². The number of H-pyrrole nitrogens is 1. The average Bonchev–Trinajstić information content (AvgIpc) is 2.60. The number of aromatic amines is 1. The van der Waals surface area contributed by atoms with Crippen molar-refractivity contribution in [3.05, 3.63) is 92.4 Å². The molecule has 1 aliphatic heterocycles. The molecule has 4 rings (SSSR count). The van der Waals surface area contributed by atoms with Crippen LogP contribution in [0.4, 0.5) is 0 Å². The van der Waals surface area contributed by atoms with Gasteiger partial charge in [-0.2, -0.15) is 0 Å². The highest BCUT2D eigenvalue weighted by molar-refractivity contribution is 5.94. The first-order valence-corrected chi connectivity index (χ1v) is 8.82. The molecule has 5 heteroatoms. The average molecular weight is 360 g/mol. The number of hydrogen-bond acceptors (Lipinski definition) is 3. The Hall–Kier alpha value is -3.34. The van der Waals surface area contributed by atoms with Crippen LogP contribution in [0.5, 0.6) is 11.5 Å². The van der Waals surface area contributed by atoms with Crippen LogP contribution in [0, 0.1) is 20.8 Å². The van der Waals surface area contributed by atoms with E-state index in [9.17, 15) is 9.59 Å². The summed E-state index contributed by atoms with van der Waals surface area (Å²) in [7, 11) is 0. The summed E-state index contributed by atoms with van der Waals surface area (Å²) in [5, 5.41) is 3.01. The number of nitrogens with one attached hydrogen (secondary N) is 2. The fourth-order valence-corrected chi connectivity index (χ4v) is 3.34. The molecule has 1 amide bonds. The number of ether oxygens (including phenoxy) is 1. The minimum atomic E-state index is -0.416. The Balaban J connectivity index is 1.78. The number of aryl methyl sites for hydroxylation is 3. The maximum absolute atomic E-state index is 12.8. The highest BCUT2D eigenvalue weighted by Gasteiger charge is 2.29. The molecule has 0 aliphatic carbocycles. The van der Waals surface area contributed by atoms with Crippen LogP contribution in [0.2, 0.25) is 0 Å². The Kier molecular flexibility index (Phi) is 4.07. The fourth-order valence-electron chi connectivity index (χ4n) is 3.34. The van der Waals surface area contributed by atoms with Crippen molar-refractivity contribution in [2.24, 2.45) is 0 Å². The monoisotopic (exact) mass is 360 g/mol. The first-order valence-electron chi connectivity index (χ1n) is 8.82. The van der Waals surface area contributed by atoms with Gasteiger partial charge < -0.3 is 15.0 Å². The van der Waals surface area contributed by atoms with E-state index in [4.69, 9.17) is 4.74 Å².